The number of amides is 2. The molecule has 1 atom stereocenters. The number of methoxy groups -OCH3 is 1. The number of piperidine rings is 1. The Morgan fingerprint density at radius 1 is 1.19 bits per heavy atom. The fourth-order valence-electron chi connectivity index (χ4n) is 3.15. The molecule has 27 heavy (non-hydrogen) atoms. The van der Waals surface area contributed by atoms with Crippen LogP contribution in [0, 0.1) is 5.92 Å². The highest BCUT2D eigenvalue weighted by Crippen LogP contribution is 2.19. The Labute approximate surface area is 157 Å². The highest BCUT2D eigenvalue weighted by molar-refractivity contribution is 5.94. The van der Waals surface area contributed by atoms with Crippen LogP contribution in [-0.4, -0.2) is 42.9 Å². The molecule has 142 valence electrons. The SMILES string of the molecule is COC(=O)c1ccc(CNC(=O)C2CCCN(C(=O)c3ccoc3)C2)cc1. The average Bonchev–Trinajstić information content (AvgIpc) is 3.26. The number of carbonyl (C=O) groups excluding carboxylic acids is 3. The van der Waals surface area contributed by atoms with Gasteiger partial charge in [0.1, 0.15) is 6.26 Å². The fraction of sp³-hybridized carbons (Fsp3) is 0.350. The van der Waals surface area contributed by atoms with E-state index in [1.165, 1.54) is 19.6 Å². The van der Waals surface area contributed by atoms with Crippen LogP contribution in [0.1, 0.15) is 39.1 Å². The van der Waals surface area contributed by atoms with E-state index in [4.69, 9.17) is 4.42 Å². The maximum atomic E-state index is 12.5. The highest BCUT2D eigenvalue weighted by atomic mass is 16.5. The van der Waals surface area contributed by atoms with Crippen LogP contribution < -0.4 is 5.32 Å². The van der Waals surface area contributed by atoms with Crippen LogP contribution in [0.5, 0.6) is 0 Å². The summed E-state index contributed by atoms with van der Waals surface area (Å²) >= 11 is 0. The lowest BCUT2D eigenvalue weighted by Crippen LogP contribution is -2.45. The first-order chi connectivity index (χ1) is 13.1. The van der Waals surface area contributed by atoms with E-state index in [1.807, 2.05) is 0 Å². The minimum absolute atomic E-state index is 0.0725. The van der Waals surface area contributed by atoms with Crippen molar-refractivity contribution >= 4 is 17.8 Å². The average molecular weight is 370 g/mol. The van der Waals surface area contributed by atoms with Crippen molar-refractivity contribution < 1.29 is 23.5 Å². The zero-order chi connectivity index (χ0) is 19.2. The maximum Gasteiger partial charge on any atom is 0.337 e. The lowest BCUT2D eigenvalue weighted by atomic mass is 9.96. The molecule has 0 radical (unpaired) electrons. The molecule has 0 saturated carbocycles. The normalized spacial score (nSPS) is 16.6. The number of nitrogens with zero attached hydrogens (tertiary/aromatic N) is 1. The molecule has 2 amide bonds. The number of hydrogen-bond donors (Lipinski definition) is 1. The minimum atomic E-state index is -0.393. The van der Waals surface area contributed by atoms with Crippen molar-refractivity contribution in [3.8, 4) is 0 Å². The van der Waals surface area contributed by atoms with Gasteiger partial charge in [-0.3, -0.25) is 9.59 Å². The van der Waals surface area contributed by atoms with Gasteiger partial charge in [0, 0.05) is 19.6 Å². The van der Waals surface area contributed by atoms with Gasteiger partial charge in [-0.05, 0) is 36.6 Å². The van der Waals surface area contributed by atoms with E-state index in [-0.39, 0.29) is 17.7 Å². The third kappa shape index (κ3) is 4.55. The van der Waals surface area contributed by atoms with Crippen molar-refractivity contribution in [1.82, 2.24) is 10.2 Å². The molecule has 0 aliphatic carbocycles. The van der Waals surface area contributed by atoms with Crippen LogP contribution >= 0.6 is 0 Å². The minimum Gasteiger partial charge on any atom is -0.472 e. The number of hydrogen-bond acceptors (Lipinski definition) is 5. The summed E-state index contributed by atoms with van der Waals surface area (Å²) in [5.74, 6) is -0.810. The number of rotatable bonds is 5. The second kappa shape index (κ2) is 8.53. The number of esters is 1. The first-order valence-electron chi connectivity index (χ1n) is 8.85. The summed E-state index contributed by atoms with van der Waals surface area (Å²) in [6.07, 6.45) is 4.43. The first kappa shape index (κ1) is 18.7. The Hall–Kier alpha value is -3.09. The molecule has 1 N–H and O–H groups in total. The van der Waals surface area contributed by atoms with Gasteiger partial charge in [0.2, 0.25) is 5.91 Å². The van der Waals surface area contributed by atoms with Gasteiger partial charge in [-0.15, -0.1) is 0 Å². The van der Waals surface area contributed by atoms with E-state index in [1.54, 1.807) is 35.2 Å². The molecule has 1 saturated heterocycles. The van der Waals surface area contributed by atoms with Crippen molar-refractivity contribution in [1.29, 1.82) is 0 Å². The lowest BCUT2D eigenvalue weighted by molar-refractivity contribution is -0.126. The summed E-state index contributed by atoms with van der Waals surface area (Å²) in [4.78, 5) is 38.1. The number of carbonyl (C=O) groups is 3. The zero-order valence-electron chi connectivity index (χ0n) is 15.1. The van der Waals surface area contributed by atoms with E-state index in [0.717, 1.165) is 18.4 Å². The first-order valence-corrected chi connectivity index (χ1v) is 8.85. The quantitative estimate of drug-likeness (QED) is 0.816. The lowest BCUT2D eigenvalue weighted by Gasteiger charge is -2.31. The number of furan rings is 1. The van der Waals surface area contributed by atoms with Crippen molar-refractivity contribution in [2.24, 2.45) is 5.92 Å². The Bertz CT molecular complexity index is 798. The molecule has 0 spiro atoms. The van der Waals surface area contributed by atoms with Crippen LogP contribution in [0.4, 0.5) is 0 Å². The molecule has 2 heterocycles. The van der Waals surface area contributed by atoms with Gasteiger partial charge in [0.25, 0.3) is 5.91 Å². The summed E-state index contributed by atoms with van der Waals surface area (Å²) in [6, 6.07) is 8.52. The predicted octanol–water partition coefficient (Wildman–Crippen LogP) is 2.23. The Morgan fingerprint density at radius 2 is 1.96 bits per heavy atom. The molecule has 1 fully saturated rings. The van der Waals surface area contributed by atoms with Crippen LogP contribution in [0.3, 0.4) is 0 Å². The zero-order valence-corrected chi connectivity index (χ0v) is 15.1. The summed E-state index contributed by atoms with van der Waals surface area (Å²) < 4.78 is 9.63. The summed E-state index contributed by atoms with van der Waals surface area (Å²) in [6.45, 7) is 1.41. The Kier molecular flexibility index (Phi) is 5.90. The maximum absolute atomic E-state index is 12.5. The van der Waals surface area contributed by atoms with Crippen molar-refractivity contribution in [3.05, 3.63) is 59.5 Å². The third-order valence-electron chi connectivity index (χ3n) is 4.69. The molecule has 3 rings (SSSR count). The number of likely N-dealkylation sites (tertiary alicyclic amines) is 1. The monoisotopic (exact) mass is 370 g/mol. The molecular weight excluding hydrogens is 348 g/mol. The fourth-order valence-corrected chi connectivity index (χ4v) is 3.15. The summed E-state index contributed by atoms with van der Waals surface area (Å²) in [7, 11) is 1.33. The molecule has 1 aliphatic heterocycles. The van der Waals surface area contributed by atoms with Crippen LogP contribution in [0.15, 0.2) is 47.3 Å². The molecular formula is C20H22N2O5. The van der Waals surface area contributed by atoms with E-state index < -0.39 is 5.97 Å². The van der Waals surface area contributed by atoms with E-state index in [2.05, 4.69) is 10.1 Å². The van der Waals surface area contributed by atoms with Crippen LogP contribution in [0.25, 0.3) is 0 Å². The summed E-state index contributed by atoms with van der Waals surface area (Å²) in [5.41, 5.74) is 1.85. The van der Waals surface area contributed by atoms with Gasteiger partial charge in [0.05, 0.1) is 30.4 Å². The van der Waals surface area contributed by atoms with Crippen LogP contribution in [0.2, 0.25) is 0 Å². The van der Waals surface area contributed by atoms with E-state index >= 15 is 0 Å². The van der Waals surface area contributed by atoms with Crippen molar-refractivity contribution in [2.75, 3.05) is 20.2 Å². The van der Waals surface area contributed by atoms with Gasteiger partial charge >= 0.3 is 5.97 Å². The molecule has 2 aromatic rings. The Balaban J connectivity index is 1.53. The predicted molar refractivity (Wildman–Crippen MR) is 97.0 cm³/mol. The second-order valence-electron chi connectivity index (χ2n) is 6.51. The molecule has 1 aliphatic rings. The molecule has 7 nitrogen and oxygen atoms in total. The molecule has 7 heteroatoms. The van der Waals surface area contributed by atoms with Gasteiger partial charge < -0.3 is 19.4 Å². The second-order valence-corrected chi connectivity index (χ2v) is 6.51. The van der Waals surface area contributed by atoms with Gasteiger partial charge in [0.15, 0.2) is 0 Å². The Morgan fingerprint density at radius 3 is 2.63 bits per heavy atom. The van der Waals surface area contributed by atoms with E-state index in [0.29, 0.717) is 30.8 Å². The van der Waals surface area contributed by atoms with Gasteiger partial charge in [-0.25, -0.2) is 4.79 Å². The number of ether oxygens (including phenoxy) is 1. The van der Waals surface area contributed by atoms with Crippen LogP contribution in [-0.2, 0) is 16.1 Å². The third-order valence-corrected chi connectivity index (χ3v) is 4.69. The standard InChI is InChI=1S/C20H22N2O5/c1-26-20(25)15-6-4-14(5-7-15)11-21-18(23)16-3-2-9-22(12-16)19(24)17-8-10-27-13-17/h4-8,10,13,16H,2-3,9,11-12H2,1H3,(H,21,23). The largest absolute Gasteiger partial charge is 0.472 e. The topological polar surface area (TPSA) is 88.9 Å². The summed E-state index contributed by atoms with van der Waals surface area (Å²) in [5, 5.41) is 2.91. The van der Waals surface area contributed by atoms with Gasteiger partial charge in [-0.2, -0.15) is 0 Å². The highest BCUT2D eigenvalue weighted by Gasteiger charge is 2.29. The van der Waals surface area contributed by atoms with E-state index in [9.17, 15) is 14.4 Å². The van der Waals surface area contributed by atoms with Crippen molar-refractivity contribution in [2.45, 2.75) is 19.4 Å². The number of benzene rings is 1. The smallest absolute Gasteiger partial charge is 0.337 e. The molecule has 1 aromatic heterocycles. The van der Waals surface area contributed by atoms with Gasteiger partial charge in [-0.1, -0.05) is 12.1 Å². The van der Waals surface area contributed by atoms with Crippen molar-refractivity contribution in [3.63, 3.8) is 0 Å². The molecule has 1 unspecified atom stereocenters. The molecule has 1 aromatic carbocycles. The number of nitrogens with one attached hydrogen (secondary N) is 1. The molecule has 0 bridgehead atoms.